The molecule has 2 amide bonds. The average Bonchev–Trinajstić information content (AvgIpc) is 3.26. The van der Waals surface area contributed by atoms with Crippen molar-refractivity contribution in [3.63, 3.8) is 0 Å². The first-order valence-corrected chi connectivity index (χ1v) is 11.4. The lowest BCUT2D eigenvalue weighted by atomic mass is 9.90. The van der Waals surface area contributed by atoms with E-state index in [0.717, 1.165) is 24.1 Å². The highest BCUT2D eigenvalue weighted by Gasteiger charge is 2.32. The monoisotopic (exact) mass is 433 g/mol. The third-order valence-electron chi connectivity index (χ3n) is 5.82. The highest BCUT2D eigenvalue weighted by molar-refractivity contribution is 7.14. The van der Waals surface area contributed by atoms with Crippen LogP contribution in [0.25, 0.3) is 11.3 Å². The molecule has 6 nitrogen and oxygen atoms in total. The van der Waals surface area contributed by atoms with E-state index < -0.39 is 6.10 Å². The molecular weight excluding hydrogens is 410 g/mol. The number of fused-ring (bicyclic) bond motifs is 2. The Morgan fingerprint density at radius 1 is 1.13 bits per heavy atom. The Morgan fingerprint density at radius 3 is 2.77 bits per heavy atom. The Labute approximate surface area is 184 Å². The van der Waals surface area contributed by atoms with Crippen LogP contribution in [0.5, 0.6) is 5.75 Å². The standard InChI is InChI=1S/C24H23N3O3S/c1-15(28)27-13-22(30-21-9-5-4-8-20(21)27)23(29)26-24-25-19(14-31-24)18-11-10-16-6-2-3-7-17(16)12-18/h4-5,8-12,14,22H,2-3,6-7,13H2,1H3,(H,25,26,29)/t22-/m1/s1. The van der Waals surface area contributed by atoms with Gasteiger partial charge in [-0.25, -0.2) is 4.98 Å². The van der Waals surface area contributed by atoms with Crippen LogP contribution in [0.2, 0.25) is 0 Å². The molecule has 5 rings (SSSR count). The summed E-state index contributed by atoms with van der Waals surface area (Å²) in [7, 11) is 0. The lowest BCUT2D eigenvalue weighted by molar-refractivity contribution is -0.123. The number of aryl methyl sites for hydroxylation is 2. The van der Waals surface area contributed by atoms with Crippen LogP contribution in [0.1, 0.15) is 30.9 Å². The number of rotatable bonds is 3. The van der Waals surface area contributed by atoms with Crippen LogP contribution >= 0.6 is 11.3 Å². The van der Waals surface area contributed by atoms with Gasteiger partial charge in [0.15, 0.2) is 11.2 Å². The van der Waals surface area contributed by atoms with E-state index >= 15 is 0 Å². The summed E-state index contributed by atoms with van der Waals surface area (Å²) < 4.78 is 5.87. The van der Waals surface area contributed by atoms with Gasteiger partial charge in [-0.1, -0.05) is 24.3 Å². The first-order valence-electron chi connectivity index (χ1n) is 10.5. The largest absolute Gasteiger partial charge is 0.476 e. The molecule has 2 heterocycles. The van der Waals surface area contributed by atoms with Crippen molar-refractivity contribution in [1.82, 2.24) is 4.98 Å². The Hall–Kier alpha value is -3.19. The summed E-state index contributed by atoms with van der Waals surface area (Å²) in [4.78, 5) is 31.1. The molecule has 0 fully saturated rings. The van der Waals surface area contributed by atoms with Gasteiger partial charge in [0.05, 0.1) is 17.9 Å². The number of hydrogen-bond acceptors (Lipinski definition) is 5. The normalized spacial score (nSPS) is 17.3. The van der Waals surface area contributed by atoms with Crippen LogP contribution in [0.15, 0.2) is 47.8 Å². The molecule has 1 aliphatic heterocycles. The predicted octanol–water partition coefficient (Wildman–Crippen LogP) is 4.44. The highest BCUT2D eigenvalue weighted by atomic mass is 32.1. The molecule has 0 unspecified atom stereocenters. The van der Waals surface area contributed by atoms with Crippen molar-refractivity contribution in [2.45, 2.75) is 38.7 Å². The fourth-order valence-electron chi connectivity index (χ4n) is 4.21. The molecule has 0 saturated carbocycles. The van der Waals surface area contributed by atoms with Gasteiger partial charge < -0.3 is 9.64 Å². The zero-order valence-electron chi connectivity index (χ0n) is 17.3. The summed E-state index contributed by atoms with van der Waals surface area (Å²) in [5.74, 6) is 0.0857. The van der Waals surface area contributed by atoms with Gasteiger partial charge in [-0.3, -0.25) is 14.9 Å². The SMILES string of the molecule is CC(=O)N1C[C@H](C(=O)Nc2nc(-c3ccc4c(c3)CCCC4)cs2)Oc2ccccc21. The van der Waals surface area contributed by atoms with Crippen LogP contribution < -0.4 is 15.0 Å². The van der Waals surface area contributed by atoms with Crippen LogP contribution in [0.3, 0.4) is 0 Å². The lowest BCUT2D eigenvalue weighted by Gasteiger charge is -2.33. The fraction of sp³-hybridized carbons (Fsp3) is 0.292. The van der Waals surface area contributed by atoms with Gasteiger partial charge in [-0.05, 0) is 55.0 Å². The van der Waals surface area contributed by atoms with Crippen LogP contribution in [-0.2, 0) is 22.4 Å². The summed E-state index contributed by atoms with van der Waals surface area (Å²) in [6.45, 7) is 1.66. The molecule has 1 N–H and O–H groups in total. The molecule has 1 atom stereocenters. The van der Waals surface area contributed by atoms with Crippen LogP contribution in [0.4, 0.5) is 10.8 Å². The second kappa shape index (κ2) is 8.15. The van der Waals surface area contributed by atoms with E-state index in [-0.39, 0.29) is 18.4 Å². The van der Waals surface area contributed by atoms with Crippen molar-refractivity contribution in [3.8, 4) is 17.0 Å². The number of hydrogen-bond donors (Lipinski definition) is 1. The van der Waals surface area contributed by atoms with Crippen molar-refractivity contribution in [1.29, 1.82) is 0 Å². The van der Waals surface area contributed by atoms with Gasteiger partial charge in [0.1, 0.15) is 5.75 Å². The second-order valence-corrected chi connectivity index (χ2v) is 8.78. The van der Waals surface area contributed by atoms with Crippen LogP contribution in [0, 0.1) is 0 Å². The first-order chi connectivity index (χ1) is 15.1. The van der Waals surface area contributed by atoms with Crippen LogP contribution in [-0.4, -0.2) is 29.4 Å². The Balaban J connectivity index is 1.32. The van der Waals surface area contributed by atoms with Crippen molar-refractivity contribution < 1.29 is 14.3 Å². The summed E-state index contributed by atoms with van der Waals surface area (Å²) in [5, 5.41) is 5.34. The second-order valence-electron chi connectivity index (χ2n) is 7.92. The molecule has 0 saturated heterocycles. The number of thiazole rings is 1. The van der Waals surface area contributed by atoms with E-state index in [1.165, 1.54) is 42.2 Å². The minimum absolute atomic E-state index is 0.127. The van der Waals surface area contributed by atoms with Gasteiger partial charge in [0.25, 0.3) is 5.91 Å². The van der Waals surface area contributed by atoms with E-state index in [0.29, 0.717) is 16.6 Å². The van der Waals surface area contributed by atoms with E-state index in [1.54, 1.807) is 11.0 Å². The van der Waals surface area contributed by atoms with Gasteiger partial charge in [0.2, 0.25) is 5.91 Å². The highest BCUT2D eigenvalue weighted by Crippen LogP contribution is 2.34. The summed E-state index contributed by atoms with van der Waals surface area (Å²) >= 11 is 1.39. The first kappa shape index (κ1) is 19.8. The molecule has 31 heavy (non-hydrogen) atoms. The number of carbonyl (C=O) groups is 2. The lowest BCUT2D eigenvalue weighted by Crippen LogP contribution is -2.48. The topological polar surface area (TPSA) is 71.5 Å². The minimum atomic E-state index is -0.796. The summed E-state index contributed by atoms with van der Waals surface area (Å²) in [6.07, 6.45) is 3.96. The number of ether oxygens (including phenoxy) is 1. The molecule has 7 heteroatoms. The molecule has 0 spiro atoms. The zero-order chi connectivity index (χ0) is 21.4. The zero-order valence-corrected chi connectivity index (χ0v) is 18.1. The smallest absolute Gasteiger partial charge is 0.269 e. The third-order valence-corrected chi connectivity index (χ3v) is 6.58. The molecule has 158 valence electrons. The predicted molar refractivity (Wildman–Crippen MR) is 122 cm³/mol. The van der Waals surface area contributed by atoms with Gasteiger partial charge in [-0.15, -0.1) is 11.3 Å². The van der Waals surface area contributed by atoms with Crippen molar-refractivity contribution in [2.75, 3.05) is 16.8 Å². The van der Waals surface area contributed by atoms with Crippen molar-refractivity contribution >= 4 is 34.0 Å². The number of amides is 2. The molecule has 2 aliphatic rings. The fourth-order valence-corrected chi connectivity index (χ4v) is 4.93. The van der Waals surface area contributed by atoms with Gasteiger partial charge >= 0.3 is 0 Å². The van der Waals surface area contributed by atoms with Crippen molar-refractivity contribution in [3.05, 3.63) is 59.0 Å². The Bertz CT molecular complexity index is 1160. The maximum atomic E-state index is 12.9. The van der Waals surface area contributed by atoms with E-state index in [4.69, 9.17) is 4.74 Å². The number of nitrogens with one attached hydrogen (secondary N) is 1. The number of para-hydroxylation sites is 2. The average molecular weight is 434 g/mol. The maximum absolute atomic E-state index is 12.9. The Kier molecular flexibility index (Phi) is 5.19. The Morgan fingerprint density at radius 2 is 1.94 bits per heavy atom. The quantitative estimate of drug-likeness (QED) is 0.663. The van der Waals surface area contributed by atoms with E-state index in [1.807, 2.05) is 23.6 Å². The van der Waals surface area contributed by atoms with E-state index in [9.17, 15) is 9.59 Å². The number of nitrogens with zero attached hydrogens (tertiary/aromatic N) is 2. The third kappa shape index (κ3) is 3.93. The number of aromatic nitrogens is 1. The summed E-state index contributed by atoms with van der Waals surface area (Å²) in [5.41, 5.74) is 5.45. The minimum Gasteiger partial charge on any atom is -0.476 e. The maximum Gasteiger partial charge on any atom is 0.269 e. The number of anilines is 2. The van der Waals surface area contributed by atoms with Gasteiger partial charge in [0, 0.05) is 17.9 Å². The molecule has 0 radical (unpaired) electrons. The molecule has 3 aromatic rings. The van der Waals surface area contributed by atoms with E-state index in [2.05, 4.69) is 28.5 Å². The molecule has 1 aromatic heterocycles. The number of carbonyl (C=O) groups excluding carboxylic acids is 2. The van der Waals surface area contributed by atoms with Crippen molar-refractivity contribution in [2.24, 2.45) is 0 Å². The molecule has 2 aromatic carbocycles. The molecule has 1 aliphatic carbocycles. The summed E-state index contributed by atoms with van der Waals surface area (Å²) in [6, 6.07) is 13.8. The molecular formula is C24H23N3O3S. The number of benzene rings is 2. The van der Waals surface area contributed by atoms with Gasteiger partial charge in [-0.2, -0.15) is 0 Å². The molecule has 0 bridgehead atoms.